The molecular weight excluding hydrogens is 180 g/mol. The summed E-state index contributed by atoms with van der Waals surface area (Å²) in [5.74, 6) is 0. The average molecular weight is 189 g/mol. The zero-order valence-corrected chi connectivity index (χ0v) is 6.90. The number of rotatable bonds is 2. The first-order chi connectivity index (χ1) is 4.33. The first-order valence-corrected chi connectivity index (χ1v) is 3.82. The van der Waals surface area contributed by atoms with Gasteiger partial charge in [0, 0.05) is 6.20 Å². The van der Waals surface area contributed by atoms with E-state index in [-0.39, 0.29) is 0 Å². The molecule has 1 N–H and O–H groups in total. The van der Waals surface area contributed by atoms with Gasteiger partial charge in [-0.3, -0.25) is 0 Å². The first kappa shape index (κ1) is 6.81. The van der Waals surface area contributed by atoms with Gasteiger partial charge < -0.3 is 4.98 Å². The van der Waals surface area contributed by atoms with Gasteiger partial charge in [-0.05, 0) is 22.4 Å². The van der Waals surface area contributed by atoms with E-state index >= 15 is 0 Å². The standard InChI is InChI=1S/C6H9BrN2/c1-2-3-5-4-8-6(7)9-5/h4H,2-3H2,1H3,(H,8,9). The highest BCUT2D eigenvalue weighted by Gasteiger charge is 1.94. The van der Waals surface area contributed by atoms with Crippen molar-refractivity contribution in [2.75, 3.05) is 0 Å². The van der Waals surface area contributed by atoms with Crippen molar-refractivity contribution in [3.8, 4) is 0 Å². The van der Waals surface area contributed by atoms with Crippen molar-refractivity contribution in [1.82, 2.24) is 9.97 Å². The summed E-state index contributed by atoms with van der Waals surface area (Å²) in [6.45, 7) is 2.14. The number of imidazole rings is 1. The number of nitrogens with one attached hydrogen (secondary N) is 1. The first-order valence-electron chi connectivity index (χ1n) is 3.02. The molecule has 9 heavy (non-hydrogen) atoms. The fourth-order valence-corrected chi connectivity index (χ4v) is 1.06. The fraction of sp³-hybridized carbons (Fsp3) is 0.500. The molecule has 3 heteroatoms. The number of nitrogens with zero attached hydrogens (tertiary/aromatic N) is 1. The van der Waals surface area contributed by atoms with Crippen LogP contribution in [0, 0.1) is 0 Å². The van der Waals surface area contributed by atoms with E-state index in [1.807, 2.05) is 6.20 Å². The van der Waals surface area contributed by atoms with E-state index in [0.29, 0.717) is 0 Å². The van der Waals surface area contributed by atoms with E-state index in [1.54, 1.807) is 0 Å². The summed E-state index contributed by atoms with van der Waals surface area (Å²) < 4.78 is 0.825. The zero-order chi connectivity index (χ0) is 6.69. The highest BCUT2D eigenvalue weighted by Crippen LogP contribution is 2.04. The molecule has 1 aromatic rings. The van der Waals surface area contributed by atoms with E-state index in [0.717, 1.165) is 23.3 Å². The van der Waals surface area contributed by atoms with Crippen LogP contribution >= 0.6 is 15.9 Å². The second kappa shape index (κ2) is 3.01. The number of aryl methyl sites for hydroxylation is 1. The molecule has 0 aliphatic carbocycles. The molecule has 50 valence electrons. The van der Waals surface area contributed by atoms with Gasteiger partial charge in [0.05, 0.1) is 5.69 Å². The molecule has 0 radical (unpaired) electrons. The van der Waals surface area contributed by atoms with Gasteiger partial charge in [0.1, 0.15) is 0 Å². The summed E-state index contributed by atoms with van der Waals surface area (Å²) >= 11 is 3.24. The van der Waals surface area contributed by atoms with Gasteiger partial charge in [-0.1, -0.05) is 13.3 Å². The fourth-order valence-electron chi connectivity index (χ4n) is 0.718. The Labute approximate surface area is 62.8 Å². The smallest absolute Gasteiger partial charge is 0.174 e. The number of H-pyrrole nitrogens is 1. The van der Waals surface area contributed by atoms with Crippen LogP contribution < -0.4 is 0 Å². The highest BCUT2D eigenvalue weighted by atomic mass is 79.9. The lowest BCUT2D eigenvalue weighted by molar-refractivity contribution is 0.890. The second-order valence-electron chi connectivity index (χ2n) is 1.93. The molecule has 1 heterocycles. The predicted molar refractivity (Wildman–Crippen MR) is 40.3 cm³/mol. The molecule has 0 saturated carbocycles. The maximum absolute atomic E-state index is 4.16. The molecule has 1 aromatic heterocycles. The Kier molecular flexibility index (Phi) is 2.28. The number of hydrogen-bond acceptors (Lipinski definition) is 1. The second-order valence-corrected chi connectivity index (χ2v) is 2.68. The predicted octanol–water partition coefficient (Wildman–Crippen LogP) is 2.12. The summed E-state index contributed by atoms with van der Waals surface area (Å²) in [6.07, 6.45) is 4.13. The third kappa shape index (κ3) is 1.82. The van der Waals surface area contributed by atoms with Gasteiger partial charge in [0.15, 0.2) is 4.73 Å². The Morgan fingerprint density at radius 1 is 1.78 bits per heavy atom. The Hall–Kier alpha value is -0.310. The topological polar surface area (TPSA) is 28.7 Å². The molecule has 0 atom stereocenters. The average Bonchev–Trinajstić information content (AvgIpc) is 2.17. The Morgan fingerprint density at radius 2 is 2.56 bits per heavy atom. The SMILES string of the molecule is CCCc1c[nH]c(Br)n1. The van der Waals surface area contributed by atoms with E-state index in [4.69, 9.17) is 0 Å². The van der Waals surface area contributed by atoms with Crippen LogP contribution in [0.3, 0.4) is 0 Å². The van der Waals surface area contributed by atoms with Crippen molar-refractivity contribution in [3.63, 3.8) is 0 Å². The number of halogens is 1. The molecule has 0 amide bonds. The van der Waals surface area contributed by atoms with Crippen LogP contribution in [0.1, 0.15) is 19.0 Å². The minimum Gasteiger partial charge on any atom is -0.339 e. The number of hydrogen-bond donors (Lipinski definition) is 1. The molecule has 0 aliphatic rings. The van der Waals surface area contributed by atoms with Crippen molar-refractivity contribution in [2.24, 2.45) is 0 Å². The number of aromatic amines is 1. The van der Waals surface area contributed by atoms with Gasteiger partial charge in [0.25, 0.3) is 0 Å². The van der Waals surface area contributed by atoms with E-state index < -0.39 is 0 Å². The minimum absolute atomic E-state index is 0.825. The molecule has 0 aliphatic heterocycles. The molecule has 0 saturated heterocycles. The quantitative estimate of drug-likeness (QED) is 0.758. The van der Waals surface area contributed by atoms with Crippen LogP contribution in [-0.4, -0.2) is 9.97 Å². The van der Waals surface area contributed by atoms with E-state index in [1.165, 1.54) is 0 Å². The molecule has 0 fully saturated rings. The summed E-state index contributed by atoms with van der Waals surface area (Å²) in [7, 11) is 0. The Morgan fingerprint density at radius 3 is 3.00 bits per heavy atom. The van der Waals surface area contributed by atoms with Crippen molar-refractivity contribution >= 4 is 15.9 Å². The normalized spacial score (nSPS) is 10.0. The van der Waals surface area contributed by atoms with Gasteiger partial charge in [0.2, 0.25) is 0 Å². The van der Waals surface area contributed by atoms with Crippen LogP contribution in [0.25, 0.3) is 0 Å². The third-order valence-corrected chi connectivity index (χ3v) is 1.51. The van der Waals surface area contributed by atoms with Crippen molar-refractivity contribution in [3.05, 3.63) is 16.6 Å². The third-order valence-electron chi connectivity index (χ3n) is 1.11. The lowest BCUT2D eigenvalue weighted by atomic mass is 10.3. The molecule has 0 bridgehead atoms. The van der Waals surface area contributed by atoms with Crippen molar-refractivity contribution in [1.29, 1.82) is 0 Å². The highest BCUT2D eigenvalue weighted by molar-refractivity contribution is 9.10. The zero-order valence-electron chi connectivity index (χ0n) is 5.32. The summed E-state index contributed by atoms with van der Waals surface area (Å²) in [5.41, 5.74) is 1.13. The van der Waals surface area contributed by atoms with Crippen LogP contribution in [0.4, 0.5) is 0 Å². The Balaban J connectivity index is 2.61. The largest absolute Gasteiger partial charge is 0.339 e. The molecular formula is C6H9BrN2. The van der Waals surface area contributed by atoms with Gasteiger partial charge >= 0.3 is 0 Å². The van der Waals surface area contributed by atoms with Crippen LogP contribution in [-0.2, 0) is 6.42 Å². The lowest BCUT2D eigenvalue weighted by Crippen LogP contribution is -1.79. The van der Waals surface area contributed by atoms with Gasteiger partial charge in [-0.25, -0.2) is 4.98 Å². The Bertz CT molecular complexity index is 183. The molecule has 0 aromatic carbocycles. The monoisotopic (exact) mass is 188 g/mol. The van der Waals surface area contributed by atoms with Crippen LogP contribution in [0.2, 0.25) is 0 Å². The maximum Gasteiger partial charge on any atom is 0.174 e. The van der Waals surface area contributed by atoms with Crippen LogP contribution in [0.5, 0.6) is 0 Å². The van der Waals surface area contributed by atoms with E-state index in [9.17, 15) is 0 Å². The summed E-state index contributed by atoms with van der Waals surface area (Å²) in [5, 5.41) is 0. The summed E-state index contributed by atoms with van der Waals surface area (Å²) in [4.78, 5) is 7.12. The van der Waals surface area contributed by atoms with Crippen molar-refractivity contribution < 1.29 is 0 Å². The lowest BCUT2D eigenvalue weighted by Gasteiger charge is -1.84. The van der Waals surface area contributed by atoms with E-state index in [2.05, 4.69) is 32.8 Å². The number of aromatic nitrogens is 2. The molecule has 0 unspecified atom stereocenters. The molecule has 0 spiro atoms. The van der Waals surface area contributed by atoms with Gasteiger partial charge in [-0.15, -0.1) is 0 Å². The van der Waals surface area contributed by atoms with Gasteiger partial charge in [-0.2, -0.15) is 0 Å². The maximum atomic E-state index is 4.16. The van der Waals surface area contributed by atoms with Crippen LogP contribution in [0.15, 0.2) is 10.9 Å². The van der Waals surface area contributed by atoms with Crippen molar-refractivity contribution in [2.45, 2.75) is 19.8 Å². The molecule has 1 rings (SSSR count). The summed E-state index contributed by atoms with van der Waals surface area (Å²) in [6, 6.07) is 0. The molecule has 2 nitrogen and oxygen atoms in total. The minimum atomic E-state index is 0.825.